The van der Waals surface area contributed by atoms with Crippen LogP contribution in [0.25, 0.3) is 22.3 Å². The first-order chi connectivity index (χ1) is 13.8. The largest absolute Gasteiger partial charge is 0.467 e. The molecule has 0 bridgehead atoms. The standard InChI is InChI=1S/C21H28BrN3O3Si/c1-15-17-12-18(16-8-6-7-9-19(16)28-14-26-2)23-24-21(17)25(20(15)22)13-27-10-11-29(3,4)5/h6-9,12H,10-11,13-14H2,1-5H3. The zero-order chi connectivity index (χ0) is 21.0. The Hall–Kier alpha value is -1.74. The van der Waals surface area contributed by atoms with Crippen LogP contribution < -0.4 is 4.74 Å². The number of methoxy groups -OCH3 is 1. The lowest BCUT2D eigenvalue weighted by atomic mass is 10.1. The Morgan fingerprint density at radius 1 is 1.14 bits per heavy atom. The summed E-state index contributed by atoms with van der Waals surface area (Å²) >= 11 is 3.70. The predicted molar refractivity (Wildman–Crippen MR) is 122 cm³/mol. The summed E-state index contributed by atoms with van der Waals surface area (Å²) in [6, 6.07) is 11.0. The van der Waals surface area contributed by atoms with Crippen molar-refractivity contribution in [2.24, 2.45) is 0 Å². The minimum atomic E-state index is -1.11. The van der Waals surface area contributed by atoms with E-state index in [0.29, 0.717) is 12.5 Å². The van der Waals surface area contributed by atoms with Crippen LogP contribution in [0.3, 0.4) is 0 Å². The van der Waals surface area contributed by atoms with E-state index < -0.39 is 8.07 Å². The van der Waals surface area contributed by atoms with Gasteiger partial charge >= 0.3 is 0 Å². The maximum absolute atomic E-state index is 5.94. The lowest BCUT2D eigenvalue weighted by Crippen LogP contribution is -2.22. The molecule has 3 aromatic rings. The van der Waals surface area contributed by atoms with Gasteiger partial charge in [-0.3, -0.25) is 4.57 Å². The lowest BCUT2D eigenvalue weighted by Gasteiger charge is -2.16. The van der Waals surface area contributed by atoms with E-state index in [0.717, 1.165) is 45.1 Å². The van der Waals surface area contributed by atoms with E-state index in [4.69, 9.17) is 14.2 Å². The summed E-state index contributed by atoms with van der Waals surface area (Å²) in [5, 5.41) is 10.0. The number of rotatable bonds is 9. The molecule has 0 amide bonds. The van der Waals surface area contributed by atoms with Gasteiger partial charge in [0.05, 0.1) is 10.3 Å². The van der Waals surface area contributed by atoms with Crippen molar-refractivity contribution in [3.8, 4) is 17.0 Å². The first-order valence-corrected chi connectivity index (χ1v) is 14.1. The number of nitrogens with zero attached hydrogens (tertiary/aromatic N) is 3. The number of halogens is 1. The number of ether oxygens (including phenoxy) is 3. The van der Waals surface area contributed by atoms with Crippen molar-refractivity contribution in [1.82, 2.24) is 14.8 Å². The number of benzene rings is 1. The highest BCUT2D eigenvalue weighted by Crippen LogP contribution is 2.33. The van der Waals surface area contributed by atoms with Crippen molar-refractivity contribution >= 4 is 35.0 Å². The molecule has 2 aromatic heterocycles. The van der Waals surface area contributed by atoms with Crippen LogP contribution in [-0.2, 0) is 16.2 Å². The molecule has 0 saturated carbocycles. The fraction of sp³-hybridized carbons (Fsp3) is 0.429. The van der Waals surface area contributed by atoms with E-state index in [1.165, 1.54) is 0 Å². The molecule has 3 rings (SSSR count). The van der Waals surface area contributed by atoms with Crippen LogP contribution in [0.2, 0.25) is 25.7 Å². The second kappa shape index (κ2) is 9.38. The van der Waals surface area contributed by atoms with Gasteiger partial charge in [-0.05, 0) is 52.7 Å². The number of aryl methyl sites for hydroxylation is 1. The van der Waals surface area contributed by atoms with Gasteiger partial charge in [0.25, 0.3) is 0 Å². The highest BCUT2D eigenvalue weighted by molar-refractivity contribution is 9.10. The zero-order valence-electron chi connectivity index (χ0n) is 17.7. The summed E-state index contributed by atoms with van der Waals surface area (Å²) in [5.74, 6) is 0.717. The Labute approximate surface area is 181 Å². The molecule has 0 aliphatic carbocycles. The Balaban J connectivity index is 1.89. The molecule has 0 aliphatic heterocycles. The minimum absolute atomic E-state index is 0.183. The molecule has 1 aromatic carbocycles. The number of fused-ring (bicyclic) bond motifs is 1. The molecule has 6 nitrogen and oxygen atoms in total. The maximum Gasteiger partial charge on any atom is 0.188 e. The Morgan fingerprint density at radius 3 is 2.62 bits per heavy atom. The van der Waals surface area contributed by atoms with Crippen molar-refractivity contribution < 1.29 is 14.2 Å². The van der Waals surface area contributed by atoms with Gasteiger partial charge in [-0.2, -0.15) is 0 Å². The van der Waals surface area contributed by atoms with E-state index in [9.17, 15) is 0 Å². The van der Waals surface area contributed by atoms with Crippen molar-refractivity contribution in [2.75, 3.05) is 20.5 Å². The highest BCUT2D eigenvalue weighted by Gasteiger charge is 2.18. The van der Waals surface area contributed by atoms with Gasteiger partial charge in [-0.1, -0.05) is 31.8 Å². The molecule has 0 aliphatic rings. The van der Waals surface area contributed by atoms with Crippen LogP contribution in [-0.4, -0.2) is 43.3 Å². The lowest BCUT2D eigenvalue weighted by molar-refractivity contribution is 0.0515. The number of aromatic nitrogens is 3. The zero-order valence-corrected chi connectivity index (χ0v) is 20.2. The molecule has 0 N–H and O–H groups in total. The first kappa shape index (κ1) is 22.0. The van der Waals surface area contributed by atoms with Gasteiger partial charge < -0.3 is 14.2 Å². The van der Waals surface area contributed by atoms with Crippen molar-refractivity contribution in [3.63, 3.8) is 0 Å². The third kappa shape index (κ3) is 5.25. The average Bonchev–Trinajstić information content (AvgIpc) is 2.93. The van der Waals surface area contributed by atoms with Gasteiger partial charge in [0, 0.05) is 32.7 Å². The summed E-state index contributed by atoms with van der Waals surface area (Å²) in [4.78, 5) is 0. The van der Waals surface area contributed by atoms with Gasteiger partial charge in [-0.25, -0.2) is 0 Å². The maximum atomic E-state index is 5.94. The summed E-state index contributed by atoms with van der Waals surface area (Å²) in [6.07, 6.45) is 0. The van der Waals surface area contributed by atoms with Gasteiger partial charge in [0.1, 0.15) is 12.5 Å². The molecule has 0 atom stereocenters. The van der Waals surface area contributed by atoms with Crippen LogP contribution in [0, 0.1) is 6.92 Å². The SMILES string of the molecule is COCOc1ccccc1-c1cc2c(C)c(Br)n(COCC[Si](C)(C)C)c2nn1. The molecule has 0 spiro atoms. The summed E-state index contributed by atoms with van der Waals surface area (Å²) in [6.45, 7) is 10.5. The summed E-state index contributed by atoms with van der Waals surface area (Å²) in [7, 11) is 0.489. The number of hydrogen-bond acceptors (Lipinski definition) is 5. The molecule has 0 radical (unpaired) electrons. The van der Waals surface area contributed by atoms with Crippen LogP contribution in [0.5, 0.6) is 5.75 Å². The third-order valence-electron chi connectivity index (χ3n) is 4.69. The molecule has 2 heterocycles. The van der Waals surface area contributed by atoms with Crippen molar-refractivity contribution in [1.29, 1.82) is 0 Å². The highest BCUT2D eigenvalue weighted by atomic mass is 79.9. The third-order valence-corrected chi connectivity index (χ3v) is 7.42. The molecular weight excluding hydrogens is 450 g/mol. The van der Waals surface area contributed by atoms with E-state index >= 15 is 0 Å². The molecule has 0 unspecified atom stereocenters. The predicted octanol–water partition coefficient (Wildman–Crippen LogP) is 5.46. The van der Waals surface area contributed by atoms with Gasteiger partial charge in [0.15, 0.2) is 12.4 Å². The Morgan fingerprint density at radius 2 is 1.90 bits per heavy atom. The molecular formula is C21H28BrN3O3Si. The average molecular weight is 478 g/mol. The molecule has 0 saturated heterocycles. The smallest absolute Gasteiger partial charge is 0.188 e. The monoisotopic (exact) mass is 477 g/mol. The summed E-state index contributed by atoms with van der Waals surface area (Å²) in [5.41, 5.74) is 3.56. The molecule has 0 fully saturated rings. The van der Waals surface area contributed by atoms with Crippen LogP contribution >= 0.6 is 15.9 Å². The fourth-order valence-corrected chi connectivity index (χ4v) is 4.22. The second-order valence-corrected chi connectivity index (χ2v) is 14.6. The van der Waals surface area contributed by atoms with Crippen molar-refractivity contribution in [3.05, 3.63) is 40.5 Å². The molecule has 29 heavy (non-hydrogen) atoms. The quantitative estimate of drug-likeness (QED) is 0.232. The normalized spacial score (nSPS) is 11.9. The van der Waals surface area contributed by atoms with E-state index in [1.807, 2.05) is 28.8 Å². The molecule has 156 valence electrons. The fourth-order valence-electron chi connectivity index (χ4n) is 2.98. The topological polar surface area (TPSA) is 58.4 Å². The number of para-hydroxylation sites is 1. The van der Waals surface area contributed by atoms with E-state index in [1.54, 1.807) is 7.11 Å². The second-order valence-electron chi connectivity index (χ2n) is 8.21. The summed E-state index contributed by atoms with van der Waals surface area (Å²) < 4.78 is 19.7. The van der Waals surface area contributed by atoms with Crippen molar-refractivity contribution in [2.45, 2.75) is 39.3 Å². The van der Waals surface area contributed by atoms with Gasteiger partial charge in [-0.15, -0.1) is 10.2 Å². The van der Waals surface area contributed by atoms with Crippen LogP contribution in [0.1, 0.15) is 5.56 Å². The Kier molecular flexibility index (Phi) is 7.10. The van der Waals surface area contributed by atoms with E-state index in [-0.39, 0.29) is 6.79 Å². The molecule has 8 heteroatoms. The Bertz CT molecular complexity index is 985. The number of hydrogen-bond donors (Lipinski definition) is 0. The van der Waals surface area contributed by atoms with Gasteiger partial charge in [0.2, 0.25) is 0 Å². The van der Waals surface area contributed by atoms with Crippen LogP contribution in [0.15, 0.2) is 34.9 Å². The van der Waals surface area contributed by atoms with Crippen LogP contribution in [0.4, 0.5) is 0 Å². The minimum Gasteiger partial charge on any atom is -0.467 e. The first-order valence-electron chi connectivity index (χ1n) is 9.62. The van der Waals surface area contributed by atoms with E-state index in [2.05, 4.69) is 58.8 Å².